The minimum atomic E-state index is -0.880. The first kappa shape index (κ1) is 21.4. The predicted octanol–water partition coefficient (Wildman–Crippen LogP) is 2.33. The van der Waals surface area contributed by atoms with Crippen molar-refractivity contribution < 1.29 is 23.9 Å². The topological polar surface area (TPSA) is 106 Å². The van der Waals surface area contributed by atoms with Gasteiger partial charge in [-0.25, -0.2) is 0 Å². The Hall–Kier alpha value is -3.26. The molecule has 0 saturated heterocycles. The zero-order valence-electron chi connectivity index (χ0n) is 16.5. The summed E-state index contributed by atoms with van der Waals surface area (Å²) in [5.74, 6) is -0.775. The van der Waals surface area contributed by atoms with Crippen molar-refractivity contribution in [3.05, 3.63) is 58.6 Å². The summed E-state index contributed by atoms with van der Waals surface area (Å²) in [6, 6.07) is 10.4. The van der Waals surface area contributed by atoms with Gasteiger partial charge in [0.05, 0.1) is 10.6 Å². The second kappa shape index (κ2) is 9.49. The quantitative estimate of drug-likeness (QED) is 0.630. The van der Waals surface area contributed by atoms with Gasteiger partial charge in [-0.2, -0.15) is 0 Å². The van der Waals surface area contributed by atoms with Crippen LogP contribution >= 0.6 is 11.6 Å². The molecule has 3 rings (SSSR count). The molecule has 3 N–H and O–H groups in total. The first-order chi connectivity index (χ1) is 14.4. The van der Waals surface area contributed by atoms with Gasteiger partial charge in [-0.15, -0.1) is 0 Å². The first-order valence-electron chi connectivity index (χ1n) is 9.42. The first-order valence-corrected chi connectivity index (χ1v) is 9.80. The lowest BCUT2D eigenvalue weighted by molar-refractivity contribution is -0.124. The van der Waals surface area contributed by atoms with Gasteiger partial charge in [0.1, 0.15) is 19.3 Å². The normalized spacial score (nSPS) is 13.3. The van der Waals surface area contributed by atoms with Crippen molar-refractivity contribution >= 4 is 29.3 Å². The van der Waals surface area contributed by atoms with Crippen LogP contribution in [0, 0.1) is 5.92 Å². The van der Waals surface area contributed by atoms with Crippen LogP contribution in [0.5, 0.6) is 11.5 Å². The Morgan fingerprint density at radius 1 is 0.933 bits per heavy atom. The Bertz CT molecular complexity index is 963. The molecule has 0 saturated carbocycles. The number of hydrogen-bond donors (Lipinski definition) is 3. The number of rotatable bonds is 5. The molecule has 158 valence electrons. The maximum Gasteiger partial charge on any atom is 0.269 e. The third-order valence-electron chi connectivity index (χ3n) is 4.46. The van der Waals surface area contributed by atoms with E-state index >= 15 is 0 Å². The smallest absolute Gasteiger partial charge is 0.269 e. The fraction of sp³-hybridized carbons (Fsp3) is 0.286. The van der Waals surface area contributed by atoms with Crippen molar-refractivity contribution in [3.63, 3.8) is 0 Å². The number of fused-ring (bicyclic) bond motifs is 1. The van der Waals surface area contributed by atoms with Crippen LogP contribution < -0.4 is 25.6 Å². The molecular formula is C21H22ClN3O5. The second-order valence-electron chi connectivity index (χ2n) is 6.98. The van der Waals surface area contributed by atoms with Gasteiger partial charge in [0.15, 0.2) is 11.5 Å². The van der Waals surface area contributed by atoms with E-state index in [1.165, 1.54) is 6.07 Å². The van der Waals surface area contributed by atoms with Crippen LogP contribution in [0.4, 0.5) is 0 Å². The van der Waals surface area contributed by atoms with Gasteiger partial charge < -0.3 is 14.8 Å². The highest BCUT2D eigenvalue weighted by molar-refractivity contribution is 6.33. The van der Waals surface area contributed by atoms with Crippen LogP contribution in [-0.4, -0.2) is 37.0 Å². The molecule has 1 aliphatic heterocycles. The summed E-state index contributed by atoms with van der Waals surface area (Å²) < 4.78 is 10.9. The molecule has 2 aromatic rings. The largest absolute Gasteiger partial charge is 0.486 e. The van der Waals surface area contributed by atoms with E-state index in [2.05, 4.69) is 16.2 Å². The van der Waals surface area contributed by atoms with Crippen molar-refractivity contribution in [1.82, 2.24) is 16.2 Å². The summed E-state index contributed by atoms with van der Waals surface area (Å²) in [5, 5.41) is 2.94. The van der Waals surface area contributed by atoms with Crippen molar-refractivity contribution in [1.29, 1.82) is 0 Å². The Morgan fingerprint density at radius 3 is 2.33 bits per heavy atom. The van der Waals surface area contributed by atoms with Crippen molar-refractivity contribution in [2.24, 2.45) is 5.92 Å². The van der Waals surface area contributed by atoms with E-state index in [-0.39, 0.29) is 16.5 Å². The van der Waals surface area contributed by atoms with E-state index in [0.717, 1.165) is 0 Å². The molecule has 1 aliphatic rings. The zero-order chi connectivity index (χ0) is 21.7. The van der Waals surface area contributed by atoms with Crippen LogP contribution in [0.2, 0.25) is 5.02 Å². The summed E-state index contributed by atoms with van der Waals surface area (Å²) in [6.07, 6.45) is 0. The van der Waals surface area contributed by atoms with Crippen LogP contribution in [0.25, 0.3) is 0 Å². The lowest BCUT2D eigenvalue weighted by atomic mass is 10.0. The summed E-state index contributed by atoms with van der Waals surface area (Å²) in [5.41, 5.74) is 5.26. The van der Waals surface area contributed by atoms with Crippen molar-refractivity contribution in [2.45, 2.75) is 19.9 Å². The molecule has 0 fully saturated rings. The fourth-order valence-corrected chi connectivity index (χ4v) is 3.07. The highest BCUT2D eigenvalue weighted by Gasteiger charge is 2.26. The lowest BCUT2D eigenvalue weighted by Gasteiger charge is -2.22. The summed E-state index contributed by atoms with van der Waals surface area (Å²) in [7, 11) is 0. The summed E-state index contributed by atoms with van der Waals surface area (Å²) in [4.78, 5) is 37.5. The molecule has 1 heterocycles. The number of nitrogens with one attached hydrogen (secondary N) is 3. The third kappa shape index (κ3) is 5.01. The maximum atomic E-state index is 12.6. The molecule has 9 heteroatoms. The molecule has 30 heavy (non-hydrogen) atoms. The van der Waals surface area contributed by atoms with Gasteiger partial charge in [0, 0.05) is 5.56 Å². The molecule has 2 aromatic carbocycles. The number of amides is 3. The Labute approximate surface area is 178 Å². The van der Waals surface area contributed by atoms with E-state index in [0.29, 0.717) is 30.3 Å². The van der Waals surface area contributed by atoms with E-state index in [1.807, 2.05) is 0 Å². The average Bonchev–Trinajstić information content (AvgIpc) is 2.75. The number of hydrogen-bond acceptors (Lipinski definition) is 5. The van der Waals surface area contributed by atoms with E-state index in [9.17, 15) is 14.4 Å². The second-order valence-corrected chi connectivity index (χ2v) is 7.38. The standard InChI is InChI=1S/C21H22ClN3O5/c1-12(2)18(23-20(27)14-5-3-4-6-15(14)22)21(28)25-24-19(26)13-7-8-16-17(11-13)30-10-9-29-16/h3-8,11-12,18H,9-10H2,1-2H3,(H,23,27)(H,24,26)(H,25,28)/t18-/m0/s1. The highest BCUT2D eigenvalue weighted by atomic mass is 35.5. The van der Waals surface area contributed by atoms with Crippen LogP contribution in [-0.2, 0) is 4.79 Å². The minimum Gasteiger partial charge on any atom is -0.486 e. The SMILES string of the molecule is CC(C)[C@H](NC(=O)c1ccccc1Cl)C(=O)NNC(=O)c1ccc2c(c1)OCCO2. The van der Waals surface area contributed by atoms with Gasteiger partial charge in [0.25, 0.3) is 17.7 Å². The monoisotopic (exact) mass is 431 g/mol. The maximum absolute atomic E-state index is 12.6. The fourth-order valence-electron chi connectivity index (χ4n) is 2.85. The molecule has 0 aliphatic carbocycles. The van der Waals surface area contributed by atoms with E-state index in [1.54, 1.807) is 50.2 Å². The van der Waals surface area contributed by atoms with Gasteiger partial charge in [-0.05, 0) is 36.2 Å². The molecule has 8 nitrogen and oxygen atoms in total. The third-order valence-corrected chi connectivity index (χ3v) is 4.79. The minimum absolute atomic E-state index is 0.234. The lowest BCUT2D eigenvalue weighted by Crippen LogP contribution is -2.54. The van der Waals surface area contributed by atoms with Gasteiger partial charge in [0.2, 0.25) is 0 Å². The molecule has 0 aromatic heterocycles. The van der Waals surface area contributed by atoms with Crippen LogP contribution in [0.15, 0.2) is 42.5 Å². The highest BCUT2D eigenvalue weighted by Crippen LogP contribution is 2.30. The molecular weight excluding hydrogens is 410 g/mol. The Kier molecular flexibility index (Phi) is 6.79. The number of hydrazine groups is 1. The van der Waals surface area contributed by atoms with Gasteiger partial charge >= 0.3 is 0 Å². The Balaban J connectivity index is 1.62. The number of halogens is 1. The molecule has 0 bridgehead atoms. The number of ether oxygens (including phenoxy) is 2. The average molecular weight is 432 g/mol. The molecule has 0 radical (unpaired) electrons. The number of carbonyl (C=O) groups excluding carboxylic acids is 3. The zero-order valence-corrected chi connectivity index (χ0v) is 17.3. The van der Waals surface area contributed by atoms with Crippen LogP contribution in [0.3, 0.4) is 0 Å². The molecule has 3 amide bonds. The van der Waals surface area contributed by atoms with Crippen molar-refractivity contribution in [3.8, 4) is 11.5 Å². The molecule has 0 spiro atoms. The van der Waals surface area contributed by atoms with Gasteiger partial charge in [-0.3, -0.25) is 25.2 Å². The molecule has 0 unspecified atom stereocenters. The Morgan fingerprint density at radius 2 is 1.63 bits per heavy atom. The van der Waals surface area contributed by atoms with Crippen molar-refractivity contribution in [2.75, 3.05) is 13.2 Å². The molecule has 1 atom stereocenters. The van der Waals surface area contributed by atoms with E-state index in [4.69, 9.17) is 21.1 Å². The number of benzene rings is 2. The number of carbonyl (C=O) groups is 3. The van der Waals surface area contributed by atoms with Crippen LogP contribution in [0.1, 0.15) is 34.6 Å². The predicted molar refractivity (Wildman–Crippen MR) is 111 cm³/mol. The van der Waals surface area contributed by atoms with E-state index < -0.39 is 23.8 Å². The summed E-state index contributed by atoms with van der Waals surface area (Å²) >= 11 is 6.05. The summed E-state index contributed by atoms with van der Waals surface area (Å²) in [6.45, 7) is 4.40. The van der Waals surface area contributed by atoms with Gasteiger partial charge in [-0.1, -0.05) is 37.6 Å².